The molecular formula is C5H9NO2. The van der Waals surface area contributed by atoms with Gasteiger partial charge in [0.1, 0.15) is 12.7 Å². The van der Waals surface area contributed by atoms with Gasteiger partial charge < -0.3 is 9.57 Å². The van der Waals surface area contributed by atoms with Crippen molar-refractivity contribution in [2.45, 2.75) is 13.0 Å². The third-order valence-electron chi connectivity index (χ3n) is 0.843. The SMILES string of the molecule is C/C=N/OCC1CO1. The molecule has 46 valence electrons. The highest BCUT2D eigenvalue weighted by atomic mass is 16.7. The van der Waals surface area contributed by atoms with Gasteiger partial charge >= 0.3 is 0 Å². The molecule has 0 aromatic heterocycles. The van der Waals surface area contributed by atoms with E-state index in [-0.39, 0.29) is 0 Å². The lowest BCUT2D eigenvalue weighted by Gasteiger charge is -1.89. The Kier molecular flexibility index (Phi) is 1.86. The lowest BCUT2D eigenvalue weighted by Crippen LogP contribution is -1.95. The van der Waals surface area contributed by atoms with Crippen LogP contribution in [0.4, 0.5) is 0 Å². The summed E-state index contributed by atoms with van der Waals surface area (Å²) in [6, 6.07) is 0. The summed E-state index contributed by atoms with van der Waals surface area (Å²) >= 11 is 0. The van der Waals surface area contributed by atoms with Crippen LogP contribution in [0.2, 0.25) is 0 Å². The maximum atomic E-state index is 4.86. The van der Waals surface area contributed by atoms with E-state index in [9.17, 15) is 0 Å². The molecule has 3 heteroatoms. The van der Waals surface area contributed by atoms with Crippen molar-refractivity contribution in [3.8, 4) is 0 Å². The lowest BCUT2D eigenvalue weighted by molar-refractivity contribution is 0.126. The molecule has 1 heterocycles. The Morgan fingerprint density at radius 3 is 3.25 bits per heavy atom. The van der Waals surface area contributed by atoms with Crippen molar-refractivity contribution < 1.29 is 9.57 Å². The predicted octanol–water partition coefficient (Wildman–Crippen LogP) is 0.407. The van der Waals surface area contributed by atoms with E-state index < -0.39 is 0 Å². The van der Waals surface area contributed by atoms with E-state index in [1.807, 2.05) is 6.92 Å². The first kappa shape index (κ1) is 5.56. The Morgan fingerprint density at radius 2 is 2.75 bits per heavy atom. The van der Waals surface area contributed by atoms with Crippen molar-refractivity contribution in [3.05, 3.63) is 0 Å². The predicted molar refractivity (Wildman–Crippen MR) is 29.9 cm³/mol. The van der Waals surface area contributed by atoms with Gasteiger partial charge in [0.2, 0.25) is 0 Å². The second-order valence-corrected chi connectivity index (χ2v) is 1.61. The number of rotatable bonds is 3. The minimum Gasteiger partial charge on any atom is -0.393 e. The Bertz CT molecular complexity index is 88.4. The van der Waals surface area contributed by atoms with Gasteiger partial charge in [0.25, 0.3) is 0 Å². The van der Waals surface area contributed by atoms with Crippen LogP contribution in [-0.2, 0) is 9.57 Å². The maximum Gasteiger partial charge on any atom is 0.145 e. The number of hydrogen-bond donors (Lipinski definition) is 0. The summed E-state index contributed by atoms with van der Waals surface area (Å²) < 4.78 is 4.86. The number of ether oxygens (including phenoxy) is 1. The molecule has 1 aliphatic heterocycles. The Labute approximate surface area is 48.3 Å². The van der Waals surface area contributed by atoms with E-state index in [2.05, 4.69) is 5.16 Å². The molecular weight excluding hydrogens is 106 g/mol. The van der Waals surface area contributed by atoms with Crippen LogP contribution in [0.25, 0.3) is 0 Å². The molecule has 1 atom stereocenters. The highest BCUT2D eigenvalue weighted by Crippen LogP contribution is 2.07. The monoisotopic (exact) mass is 115 g/mol. The van der Waals surface area contributed by atoms with Crippen LogP contribution < -0.4 is 0 Å². The van der Waals surface area contributed by atoms with E-state index >= 15 is 0 Å². The fraction of sp³-hybridized carbons (Fsp3) is 0.800. The first-order chi connectivity index (χ1) is 3.93. The van der Waals surface area contributed by atoms with Crippen molar-refractivity contribution >= 4 is 6.21 Å². The molecule has 0 radical (unpaired) electrons. The number of epoxide rings is 1. The zero-order chi connectivity index (χ0) is 5.82. The van der Waals surface area contributed by atoms with Gasteiger partial charge in [-0.25, -0.2) is 0 Å². The van der Waals surface area contributed by atoms with Crippen molar-refractivity contribution in [2.24, 2.45) is 5.16 Å². The zero-order valence-corrected chi connectivity index (χ0v) is 4.83. The molecule has 0 saturated carbocycles. The van der Waals surface area contributed by atoms with Crippen LogP contribution in [0.15, 0.2) is 5.16 Å². The molecule has 0 bridgehead atoms. The fourth-order valence-corrected chi connectivity index (χ4v) is 0.365. The van der Waals surface area contributed by atoms with E-state index in [1.165, 1.54) is 0 Å². The minimum atomic E-state index is 0.318. The first-order valence-corrected chi connectivity index (χ1v) is 2.65. The van der Waals surface area contributed by atoms with Crippen molar-refractivity contribution in [1.82, 2.24) is 0 Å². The van der Waals surface area contributed by atoms with Gasteiger partial charge in [0.15, 0.2) is 0 Å². The number of nitrogens with zero attached hydrogens (tertiary/aromatic N) is 1. The van der Waals surface area contributed by atoms with E-state index in [0.29, 0.717) is 12.7 Å². The van der Waals surface area contributed by atoms with Crippen LogP contribution in [0, 0.1) is 0 Å². The summed E-state index contributed by atoms with van der Waals surface area (Å²) in [6.07, 6.45) is 1.93. The summed E-state index contributed by atoms with van der Waals surface area (Å²) in [5.41, 5.74) is 0. The van der Waals surface area contributed by atoms with Gasteiger partial charge in [0, 0.05) is 6.21 Å². The van der Waals surface area contributed by atoms with E-state index in [0.717, 1.165) is 6.61 Å². The topological polar surface area (TPSA) is 34.1 Å². The van der Waals surface area contributed by atoms with Gasteiger partial charge in [0.05, 0.1) is 6.61 Å². The molecule has 1 aliphatic rings. The average molecular weight is 115 g/mol. The van der Waals surface area contributed by atoms with Crippen LogP contribution in [0.3, 0.4) is 0 Å². The molecule has 1 unspecified atom stereocenters. The van der Waals surface area contributed by atoms with Crippen molar-refractivity contribution in [1.29, 1.82) is 0 Å². The van der Waals surface area contributed by atoms with E-state index in [1.54, 1.807) is 6.21 Å². The summed E-state index contributed by atoms with van der Waals surface area (Å²) in [5, 5.41) is 3.55. The van der Waals surface area contributed by atoms with Gasteiger partial charge in [-0.1, -0.05) is 5.16 Å². The molecule has 0 amide bonds. The standard InChI is InChI=1S/C5H9NO2/c1-2-6-8-4-5-3-7-5/h2,5H,3-4H2,1H3/b6-2+. The van der Waals surface area contributed by atoms with Gasteiger partial charge in [-0.15, -0.1) is 0 Å². The molecule has 0 aromatic rings. The quantitative estimate of drug-likeness (QED) is 0.303. The van der Waals surface area contributed by atoms with Gasteiger partial charge in [-0.3, -0.25) is 0 Å². The minimum absolute atomic E-state index is 0.318. The second-order valence-electron chi connectivity index (χ2n) is 1.61. The molecule has 1 saturated heterocycles. The maximum absolute atomic E-state index is 4.86. The second kappa shape index (κ2) is 2.67. The highest BCUT2D eigenvalue weighted by Gasteiger charge is 2.22. The van der Waals surface area contributed by atoms with Crippen LogP contribution in [0.1, 0.15) is 6.92 Å². The van der Waals surface area contributed by atoms with Crippen molar-refractivity contribution in [3.63, 3.8) is 0 Å². The number of oxime groups is 1. The first-order valence-electron chi connectivity index (χ1n) is 2.65. The van der Waals surface area contributed by atoms with Crippen LogP contribution in [0.5, 0.6) is 0 Å². The molecule has 0 aromatic carbocycles. The molecule has 3 nitrogen and oxygen atoms in total. The highest BCUT2D eigenvalue weighted by molar-refractivity contribution is 5.52. The molecule has 0 N–H and O–H groups in total. The summed E-state index contributed by atoms with van der Waals surface area (Å²) in [7, 11) is 0. The van der Waals surface area contributed by atoms with Crippen LogP contribution in [-0.4, -0.2) is 25.5 Å². The molecule has 8 heavy (non-hydrogen) atoms. The molecule has 0 spiro atoms. The Hall–Kier alpha value is -0.570. The Balaban J connectivity index is 1.88. The third kappa shape index (κ3) is 1.93. The smallest absolute Gasteiger partial charge is 0.145 e. The average Bonchev–Trinajstić information content (AvgIpc) is 2.51. The fourth-order valence-electron chi connectivity index (χ4n) is 0.365. The lowest BCUT2D eigenvalue weighted by atomic mass is 10.5. The molecule has 0 aliphatic carbocycles. The normalized spacial score (nSPS) is 26.4. The van der Waals surface area contributed by atoms with Gasteiger partial charge in [-0.05, 0) is 6.92 Å². The van der Waals surface area contributed by atoms with Gasteiger partial charge in [-0.2, -0.15) is 0 Å². The molecule has 1 rings (SSSR count). The summed E-state index contributed by atoms with van der Waals surface area (Å²) in [5.74, 6) is 0. The summed E-state index contributed by atoms with van der Waals surface area (Å²) in [4.78, 5) is 4.75. The zero-order valence-electron chi connectivity index (χ0n) is 4.83. The largest absolute Gasteiger partial charge is 0.393 e. The van der Waals surface area contributed by atoms with E-state index in [4.69, 9.17) is 9.57 Å². The third-order valence-corrected chi connectivity index (χ3v) is 0.843. The van der Waals surface area contributed by atoms with Crippen LogP contribution >= 0.6 is 0 Å². The number of hydrogen-bond acceptors (Lipinski definition) is 3. The Morgan fingerprint density at radius 1 is 2.00 bits per heavy atom. The summed E-state index contributed by atoms with van der Waals surface area (Å²) in [6.45, 7) is 3.25. The molecule has 1 fully saturated rings. The van der Waals surface area contributed by atoms with Crippen molar-refractivity contribution in [2.75, 3.05) is 13.2 Å².